The van der Waals surface area contributed by atoms with Gasteiger partial charge in [-0.25, -0.2) is 16.8 Å². The van der Waals surface area contributed by atoms with E-state index in [1.165, 1.54) is 10.4 Å². The topological polar surface area (TPSA) is 83.6 Å². The molecule has 1 N–H and O–H groups in total. The van der Waals surface area contributed by atoms with Crippen molar-refractivity contribution < 1.29 is 16.8 Å². The van der Waals surface area contributed by atoms with E-state index in [0.717, 1.165) is 10.9 Å². The average molecular weight is 459 g/mol. The fourth-order valence-corrected chi connectivity index (χ4v) is 6.22. The fraction of sp³-hybridized carbons (Fsp3) is 0.294. The molecule has 2 aromatic rings. The van der Waals surface area contributed by atoms with Crippen molar-refractivity contribution in [3.8, 4) is 0 Å². The Hall–Kier alpha value is -1.58. The van der Waals surface area contributed by atoms with Crippen molar-refractivity contribution in [2.75, 3.05) is 21.3 Å². The van der Waals surface area contributed by atoms with E-state index in [4.69, 9.17) is 0 Å². The Morgan fingerprint density at radius 3 is 2.58 bits per heavy atom. The Kier molecular flexibility index (Phi) is 5.32. The van der Waals surface area contributed by atoms with E-state index in [1.54, 1.807) is 43.3 Å². The third kappa shape index (κ3) is 4.05. The number of hydrogen-bond donors (Lipinski definition) is 1. The second kappa shape index (κ2) is 7.21. The smallest absolute Gasteiger partial charge is 0.262 e. The van der Waals surface area contributed by atoms with Gasteiger partial charge >= 0.3 is 0 Å². The van der Waals surface area contributed by atoms with E-state index in [-0.39, 0.29) is 10.6 Å². The first kappa shape index (κ1) is 19.2. The highest BCUT2D eigenvalue weighted by Crippen LogP contribution is 2.29. The Morgan fingerprint density at radius 1 is 1.12 bits per heavy atom. The van der Waals surface area contributed by atoms with Crippen LogP contribution in [-0.4, -0.2) is 29.1 Å². The number of nitrogens with one attached hydrogen (secondary N) is 1. The van der Waals surface area contributed by atoms with Gasteiger partial charge in [0.15, 0.2) is 0 Å². The molecule has 6 nitrogen and oxygen atoms in total. The van der Waals surface area contributed by atoms with E-state index in [1.807, 2.05) is 0 Å². The molecule has 0 aromatic heterocycles. The number of benzene rings is 2. The van der Waals surface area contributed by atoms with Crippen LogP contribution in [0.15, 0.2) is 51.8 Å². The summed E-state index contributed by atoms with van der Waals surface area (Å²) in [7, 11) is -7.26. The first-order chi connectivity index (χ1) is 12.2. The Bertz CT molecular complexity index is 1040. The summed E-state index contributed by atoms with van der Waals surface area (Å²) < 4.78 is 54.9. The summed E-state index contributed by atoms with van der Waals surface area (Å²) in [5.74, 6) is 0.0826. The summed E-state index contributed by atoms with van der Waals surface area (Å²) in [5.41, 5.74) is 1.35. The Morgan fingerprint density at radius 2 is 1.88 bits per heavy atom. The quantitative estimate of drug-likeness (QED) is 0.759. The maximum absolute atomic E-state index is 12.8. The van der Waals surface area contributed by atoms with Crippen molar-refractivity contribution in [1.29, 1.82) is 0 Å². The van der Waals surface area contributed by atoms with Gasteiger partial charge in [-0.2, -0.15) is 0 Å². The minimum absolute atomic E-state index is 0.0655. The van der Waals surface area contributed by atoms with Gasteiger partial charge in [0.1, 0.15) is 0 Å². The van der Waals surface area contributed by atoms with Crippen LogP contribution in [0.2, 0.25) is 0 Å². The van der Waals surface area contributed by atoms with Gasteiger partial charge in [-0.3, -0.25) is 9.03 Å². The molecule has 9 heteroatoms. The lowest BCUT2D eigenvalue weighted by Gasteiger charge is -2.28. The molecule has 1 aliphatic rings. The molecule has 0 atom stereocenters. The van der Waals surface area contributed by atoms with Gasteiger partial charge in [-0.15, -0.1) is 0 Å². The highest BCUT2D eigenvalue weighted by atomic mass is 79.9. The maximum atomic E-state index is 12.8. The SMILES string of the molecule is Cc1ccc(N2CCCCS2(=O)=O)cc1S(=O)(=O)Nc1cccc(Br)c1. The van der Waals surface area contributed by atoms with Crippen molar-refractivity contribution in [3.05, 3.63) is 52.5 Å². The van der Waals surface area contributed by atoms with Crippen LogP contribution in [0, 0.1) is 6.92 Å². The lowest BCUT2D eigenvalue weighted by atomic mass is 10.2. The van der Waals surface area contributed by atoms with Crippen molar-refractivity contribution in [2.24, 2.45) is 0 Å². The average Bonchev–Trinajstić information content (AvgIpc) is 2.54. The largest absolute Gasteiger partial charge is 0.280 e. The molecule has 140 valence electrons. The molecule has 0 radical (unpaired) electrons. The number of anilines is 2. The first-order valence-electron chi connectivity index (χ1n) is 8.08. The Balaban J connectivity index is 1.99. The van der Waals surface area contributed by atoms with Gasteiger partial charge in [-0.1, -0.05) is 28.1 Å². The van der Waals surface area contributed by atoms with Crippen molar-refractivity contribution in [3.63, 3.8) is 0 Å². The Labute approximate surface area is 162 Å². The molecule has 3 rings (SSSR count). The molecule has 0 saturated carbocycles. The zero-order valence-electron chi connectivity index (χ0n) is 14.1. The van der Waals surface area contributed by atoms with Gasteiger partial charge in [0.25, 0.3) is 10.0 Å². The highest BCUT2D eigenvalue weighted by molar-refractivity contribution is 9.10. The van der Waals surface area contributed by atoms with Crippen LogP contribution in [0.1, 0.15) is 18.4 Å². The molecule has 1 heterocycles. The standard InChI is InChI=1S/C17H19BrN2O4S2/c1-13-7-8-16(20-9-2-3-10-25(20,21)22)12-17(13)26(23,24)19-15-6-4-5-14(18)11-15/h4-8,11-12,19H,2-3,9-10H2,1H3. The van der Waals surface area contributed by atoms with Crippen LogP contribution in [0.3, 0.4) is 0 Å². The van der Waals surface area contributed by atoms with Gasteiger partial charge in [0.05, 0.1) is 16.3 Å². The molecule has 0 spiro atoms. The summed E-state index contributed by atoms with van der Waals surface area (Å²) in [6, 6.07) is 11.5. The van der Waals surface area contributed by atoms with Gasteiger partial charge < -0.3 is 0 Å². The molecular formula is C17H19BrN2O4S2. The minimum Gasteiger partial charge on any atom is -0.280 e. The highest BCUT2D eigenvalue weighted by Gasteiger charge is 2.27. The predicted molar refractivity (Wildman–Crippen MR) is 106 cm³/mol. The van der Waals surface area contributed by atoms with E-state index in [9.17, 15) is 16.8 Å². The second-order valence-electron chi connectivity index (χ2n) is 6.16. The van der Waals surface area contributed by atoms with E-state index in [0.29, 0.717) is 29.9 Å². The van der Waals surface area contributed by atoms with Crippen LogP contribution in [0.5, 0.6) is 0 Å². The maximum Gasteiger partial charge on any atom is 0.262 e. The van der Waals surface area contributed by atoms with E-state index in [2.05, 4.69) is 20.7 Å². The van der Waals surface area contributed by atoms with Crippen LogP contribution in [0.25, 0.3) is 0 Å². The number of aryl methyl sites for hydroxylation is 1. The van der Waals surface area contributed by atoms with Crippen molar-refractivity contribution in [2.45, 2.75) is 24.7 Å². The molecule has 1 saturated heterocycles. The van der Waals surface area contributed by atoms with Crippen LogP contribution in [0.4, 0.5) is 11.4 Å². The summed E-state index contributed by atoms with van der Waals surface area (Å²) in [6.45, 7) is 2.05. The summed E-state index contributed by atoms with van der Waals surface area (Å²) in [4.78, 5) is 0.0655. The predicted octanol–water partition coefficient (Wildman–Crippen LogP) is 3.49. The van der Waals surface area contributed by atoms with E-state index < -0.39 is 20.0 Å². The number of rotatable bonds is 4. The van der Waals surface area contributed by atoms with Gasteiger partial charge in [0.2, 0.25) is 10.0 Å². The molecular weight excluding hydrogens is 440 g/mol. The molecule has 2 aromatic carbocycles. The summed E-state index contributed by atoms with van der Waals surface area (Å²) in [6.07, 6.45) is 1.38. The third-order valence-corrected chi connectivity index (χ3v) is 8.06. The zero-order valence-corrected chi connectivity index (χ0v) is 17.4. The first-order valence-corrected chi connectivity index (χ1v) is 12.0. The normalized spacial score (nSPS) is 17.1. The molecule has 0 aliphatic carbocycles. The number of hydrogen-bond acceptors (Lipinski definition) is 4. The van der Waals surface area contributed by atoms with Crippen molar-refractivity contribution in [1.82, 2.24) is 0 Å². The fourth-order valence-electron chi connectivity index (χ4n) is 2.87. The van der Waals surface area contributed by atoms with E-state index >= 15 is 0 Å². The number of sulfonamides is 2. The molecule has 0 unspecified atom stereocenters. The van der Waals surface area contributed by atoms with Crippen LogP contribution >= 0.6 is 15.9 Å². The molecule has 0 amide bonds. The molecule has 26 heavy (non-hydrogen) atoms. The number of halogens is 1. The summed E-state index contributed by atoms with van der Waals surface area (Å²) in [5, 5.41) is 0. The molecule has 1 fully saturated rings. The third-order valence-electron chi connectivity index (χ3n) is 4.18. The minimum atomic E-state index is -3.85. The molecule has 0 bridgehead atoms. The lowest BCUT2D eigenvalue weighted by Crippen LogP contribution is -2.38. The second-order valence-corrected chi connectivity index (χ2v) is 10.7. The summed E-state index contributed by atoms with van der Waals surface area (Å²) >= 11 is 3.31. The molecule has 1 aliphatic heterocycles. The van der Waals surface area contributed by atoms with Crippen molar-refractivity contribution >= 4 is 47.4 Å². The number of nitrogens with zero attached hydrogens (tertiary/aromatic N) is 1. The van der Waals surface area contributed by atoms with Crippen LogP contribution < -0.4 is 9.03 Å². The van der Waals surface area contributed by atoms with Gasteiger partial charge in [-0.05, 0) is 55.7 Å². The monoisotopic (exact) mass is 458 g/mol. The van der Waals surface area contributed by atoms with Gasteiger partial charge in [0, 0.05) is 16.7 Å². The van der Waals surface area contributed by atoms with Crippen LogP contribution in [-0.2, 0) is 20.0 Å². The zero-order chi connectivity index (χ0) is 18.9. The lowest BCUT2D eigenvalue weighted by molar-refractivity contribution is 0.574.